The van der Waals surface area contributed by atoms with Gasteiger partial charge in [0.1, 0.15) is 5.69 Å². The summed E-state index contributed by atoms with van der Waals surface area (Å²) in [6.07, 6.45) is 4.56. The van der Waals surface area contributed by atoms with Crippen molar-refractivity contribution in [2.75, 3.05) is 33.9 Å². The van der Waals surface area contributed by atoms with Crippen LogP contribution in [0.5, 0.6) is 11.5 Å². The molecule has 10 nitrogen and oxygen atoms in total. The number of hydrogen-bond donors (Lipinski definition) is 1. The second-order valence-corrected chi connectivity index (χ2v) is 7.50. The second kappa shape index (κ2) is 10.6. The highest BCUT2D eigenvalue weighted by atomic mass is 16.5. The van der Waals surface area contributed by atoms with Crippen LogP contribution in [0.4, 0.5) is 4.79 Å². The molecule has 0 unspecified atom stereocenters. The summed E-state index contributed by atoms with van der Waals surface area (Å²) in [7, 11) is 3.11. The van der Waals surface area contributed by atoms with Gasteiger partial charge in [-0.25, -0.2) is 14.3 Å². The Labute approximate surface area is 201 Å². The molecule has 35 heavy (non-hydrogen) atoms. The molecule has 4 rings (SSSR count). The molecule has 10 heteroatoms. The second-order valence-electron chi connectivity index (χ2n) is 7.50. The number of benzene rings is 2. The zero-order valence-corrected chi connectivity index (χ0v) is 19.3. The smallest absolute Gasteiger partial charge is 0.331 e. The van der Waals surface area contributed by atoms with Crippen LogP contribution in [-0.2, 0) is 14.3 Å². The number of rotatable bonds is 8. The first kappa shape index (κ1) is 23.6. The van der Waals surface area contributed by atoms with Crippen molar-refractivity contribution < 1.29 is 28.6 Å². The largest absolute Gasteiger partial charge is 0.493 e. The maximum atomic E-state index is 12.3. The predicted molar refractivity (Wildman–Crippen MR) is 127 cm³/mol. The molecule has 1 fully saturated rings. The van der Waals surface area contributed by atoms with Gasteiger partial charge in [-0.3, -0.25) is 9.69 Å². The number of para-hydroxylation sites is 1. The van der Waals surface area contributed by atoms with Gasteiger partial charge in [-0.1, -0.05) is 18.2 Å². The van der Waals surface area contributed by atoms with Crippen molar-refractivity contribution in [2.24, 2.45) is 0 Å². The topological polar surface area (TPSA) is 112 Å². The van der Waals surface area contributed by atoms with E-state index in [2.05, 4.69) is 5.32 Å². The van der Waals surface area contributed by atoms with Gasteiger partial charge in [0.15, 0.2) is 18.1 Å². The molecule has 3 amide bonds. The minimum Gasteiger partial charge on any atom is -0.493 e. The molecule has 1 aliphatic heterocycles. The Kier molecular flexibility index (Phi) is 7.10. The lowest BCUT2D eigenvalue weighted by Crippen LogP contribution is -2.37. The molecule has 1 N–H and O–H groups in total. The summed E-state index contributed by atoms with van der Waals surface area (Å²) < 4.78 is 17.5. The maximum Gasteiger partial charge on any atom is 0.331 e. The highest BCUT2D eigenvalue weighted by Crippen LogP contribution is 2.33. The highest BCUT2D eigenvalue weighted by molar-refractivity contribution is 5.97. The molecule has 3 aromatic rings. The van der Waals surface area contributed by atoms with Gasteiger partial charge in [0.2, 0.25) is 0 Å². The van der Waals surface area contributed by atoms with Crippen LogP contribution in [0.25, 0.3) is 23.0 Å². The molecule has 0 bridgehead atoms. The van der Waals surface area contributed by atoms with E-state index in [1.54, 1.807) is 43.3 Å². The number of nitrogens with one attached hydrogen (secondary N) is 1. The molecule has 1 aromatic heterocycles. The van der Waals surface area contributed by atoms with E-state index in [4.69, 9.17) is 19.3 Å². The third-order valence-electron chi connectivity index (χ3n) is 5.31. The van der Waals surface area contributed by atoms with Gasteiger partial charge in [0.25, 0.3) is 5.91 Å². The number of amides is 3. The molecule has 0 aliphatic carbocycles. The average Bonchev–Trinajstić information content (AvgIpc) is 3.52. The van der Waals surface area contributed by atoms with Crippen LogP contribution < -0.4 is 14.8 Å². The number of nitrogens with zero attached hydrogens (tertiary/aromatic N) is 3. The quantitative estimate of drug-likeness (QED) is 0.393. The maximum absolute atomic E-state index is 12.3. The molecular formula is C25H24N4O6. The summed E-state index contributed by atoms with van der Waals surface area (Å²) in [6.45, 7) is 0.101. The molecular weight excluding hydrogens is 452 g/mol. The fourth-order valence-corrected chi connectivity index (χ4v) is 3.56. The number of methoxy groups -OCH3 is 2. The first-order valence-electron chi connectivity index (χ1n) is 10.8. The fourth-order valence-electron chi connectivity index (χ4n) is 3.56. The monoisotopic (exact) mass is 476 g/mol. The number of esters is 1. The third kappa shape index (κ3) is 5.32. The number of imide groups is 1. The number of hydrogen-bond acceptors (Lipinski definition) is 7. The summed E-state index contributed by atoms with van der Waals surface area (Å²) in [5.41, 5.74) is 2.83. The van der Waals surface area contributed by atoms with Gasteiger partial charge in [-0.15, -0.1) is 0 Å². The highest BCUT2D eigenvalue weighted by Gasteiger charge is 2.26. The summed E-state index contributed by atoms with van der Waals surface area (Å²) >= 11 is 0. The predicted octanol–water partition coefficient (Wildman–Crippen LogP) is 2.66. The zero-order valence-electron chi connectivity index (χ0n) is 19.3. The van der Waals surface area contributed by atoms with E-state index >= 15 is 0 Å². The van der Waals surface area contributed by atoms with Gasteiger partial charge in [-0.05, 0) is 36.4 Å². The van der Waals surface area contributed by atoms with Crippen molar-refractivity contribution >= 4 is 24.0 Å². The van der Waals surface area contributed by atoms with Gasteiger partial charge in [0.05, 0.1) is 19.9 Å². The van der Waals surface area contributed by atoms with Crippen LogP contribution in [0.2, 0.25) is 0 Å². The Morgan fingerprint density at radius 1 is 1.09 bits per heavy atom. The summed E-state index contributed by atoms with van der Waals surface area (Å²) in [5.74, 6) is -0.179. The van der Waals surface area contributed by atoms with E-state index in [-0.39, 0.29) is 6.54 Å². The SMILES string of the molecule is COc1ccc(-c2nn(-c3ccccc3)cc2/C=C/C(=O)OCC(=O)N2CCNC2=O)cc1OC. The number of urea groups is 1. The van der Waals surface area contributed by atoms with Crippen LogP contribution in [-0.4, -0.2) is 66.5 Å². The van der Waals surface area contributed by atoms with E-state index in [9.17, 15) is 14.4 Å². The number of ether oxygens (including phenoxy) is 3. The molecule has 1 saturated heterocycles. The van der Waals surface area contributed by atoms with Crippen molar-refractivity contribution in [3.8, 4) is 28.4 Å². The van der Waals surface area contributed by atoms with Crippen LogP contribution >= 0.6 is 0 Å². The van der Waals surface area contributed by atoms with Gasteiger partial charge in [-0.2, -0.15) is 5.10 Å². The number of aromatic nitrogens is 2. The Morgan fingerprint density at radius 3 is 2.54 bits per heavy atom. The van der Waals surface area contributed by atoms with E-state index in [0.29, 0.717) is 29.3 Å². The van der Waals surface area contributed by atoms with Crippen LogP contribution in [0.1, 0.15) is 5.56 Å². The lowest BCUT2D eigenvalue weighted by Gasteiger charge is -2.11. The lowest BCUT2D eigenvalue weighted by molar-refractivity contribution is -0.146. The van der Waals surface area contributed by atoms with Gasteiger partial charge >= 0.3 is 12.0 Å². The molecule has 0 radical (unpaired) electrons. The van der Waals surface area contributed by atoms with Crippen molar-refractivity contribution in [3.63, 3.8) is 0 Å². The average molecular weight is 476 g/mol. The third-order valence-corrected chi connectivity index (χ3v) is 5.31. The van der Waals surface area contributed by atoms with E-state index in [1.807, 2.05) is 36.4 Å². The molecule has 2 aromatic carbocycles. The van der Waals surface area contributed by atoms with Crippen molar-refractivity contribution in [3.05, 3.63) is 66.4 Å². The van der Waals surface area contributed by atoms with Crippen molar-refractivity contribution in [1.29, 1.82) is 0 Å². The molecule has 1 aliphatic rings. The Hall–Kier alpha value is -4.60. The summed E-state index contributed by atoms with van der Waals surface area (Å²) in [4.78, 5) is 36.9. The lowest BCUT2D eigenvalue weighted by atomic mass is 10.1. The van der Waals surface area contributed by atoms with Gasteiger partial charge < -0.3 is 19.5 Å². The van der Waals surface area contributed by atoms with Crippen LogP contribution in [0.3, 0.4) is 0 Å². The fraction of sp³-hybridized carbons (Fsp3) is 0.200. The van der Waals surface area contributed by atoms with E-state index < -0.39 is 24.5 Å². The Balaban J connectivity index is 1.57. The minimum atomic E-state index is -0.719. The Bertz CT molecular complexity index is 1270. The standard InChI is InChI=1S/C25H24N4O6/c1-33-20-10-8-17(14-21(20)34-2)24-18(15-29(27-24)19-6-4-3-5-7-19)9-11-23(31)35-16-22(30)28-13-12-26-25(28)32/h3-11,14-15H,12-13,16H2,1-2H3,(H,26,32)/b11-9+. The minimum absolute atomic E-state index is 0.248. The number of carbonyl (C=O) groups excluding carboxylic acids is 3. The Morgan fingerprint density at radius 2 is 1.86 bits per heavy atom. The molecule has 0 spiro atoms. The summed E-state index contributed by atoms with van der Waals surface area (Å²) in [6, 6.07) is 14.5. The van der Waals surface area contributed by atoms with E-state index in [0.717, 1.165) is 16.2 Å². The van der Waals surface area contributed by atoms with Crippen LogP contribution in [0.15, 0.2) is 60.8 Å². The normalized spacial score (nSPS) is 13.1. The van der Waals surface area contributed by atoms with Crippen LogP contribution in [0, 0.1) is 0 Å². The summed E-state index contributed by atoms with van der Waals surface area (Å²) in [5, 5.41) is 7.23. The van der Waals surface area contributed by atoms with Crippen molar-refractivity contribution in [2.45, 2.75) is 0 Å². The van der Waals surface area contributed by atoms with Gasteiger partial charge in [0, 0.05) is 36.5 Å². The van der Waals surface area contributed by atoms with Crippen molar-refractivity contribution in [1.82, 2.24) is 20.0 Å². The first-order valence-corrected chi connectivity index (χ1v) is 10.8. The molecule has 0 saturated carbocycles. The number of carbonyl (C=O) groups is 3. The molecule has 0 atom stereocenters. The zero-order chi connectivity index (χ0) is 24.8. The first-order chi connectivity index (χ1) is 17.0. The molecule has 180 valence electrons. The van der Waals surface area contributed by atoms with E-state index in [1.165, 1.54) is 6.08 Å². The molecule has 2 heterocycles.